The van der Waals surface area contributed by atoms with Gasteiger partial charge in [0, 0.05) is 26.3 Å². The van der Waals surface area contributed by atoms with E-state index in [9.17, 15) is 8.42 Å². The van der Waals surface area contributed by atoms with Crippen molar-refractivity contribution in [3.8, 4) is 0 Å². The molecule has 0 amide bonds. The molecule has 1 aromatic rings. The summed E-state index contributed by atoms with van der Waals surface area (Å²) in [4.78, 5) is 0.0926. The molecular formula is C10H18N4O2S. The fraction of sp³-hybridized carbons (Fsp3) is 0.700. The Morgan fingerprint density at radius 3 is 2.59 bits per heavy atom. The van der Waals surface area contributed by atoms with Gasteiger partial charge < -0.3 is 5.73 Å². The van der Waals surface area contributed by atoms with Crippen molar-refractivity contribution in [2.75, 3.05) is 12.8 Å². The molecular weight excluding hydrogens is 240 g/mol. The minimum absolute atomic E-state index is 0.0135. The van der Waals surface area contributed by atoms with Gasteiger partial charge in [-0.15, -0.1) is 0 Å². The molecule has 1 aliphatic rings. The quantitative estimate of drug-likeness (QED) is 0.848. The van der Waals surface area contributed by atoms with Crippen LogP contribution < -0.4 is 5.73 Å². The van der Waals surface area contributed by atoms with Gasteiger partial charge in [0.1, 0.15) is 4.90 Å². The topological polar surface area (TPSA) is 81.2 Å². The van der Waals surface area contributed by atoms with Gasteiger partial charge in [-0.25, -0.2) is 8.42 Å². The number of nitrogens with zero attached hydrogens (tertiary/aromatic N) is 3. The van der Waals surface area contributed by atoms with E-state index in [0.29, 0.717) is 5.92 Å². The van der Waals surface area contributed by atoms with Crippen LogP contribution in [0.3, 0.4) is 0 Å². The molecule has 6 nitrogen and oxygen atoms in total. The molecule has 7 heteroatoms. The summed E-state index contributed by atoms with van der Waals surface area (Å²) in [6.07, 6.45) is 3.65. The van der Waals surface area contributed by atoms with Crippen molar-refractivity contribution in [3.63, 3.8) is 0 Å². The second-order valence-corrected chi connectivity index (χ2v) is 6.62. The van der Waals surface area contributed by atoms with Crippen molar-refractivity contribution >= 4 is 15.8 Å². The number of sulfonamides is 1. The summed E-state index contributed by atoms with van der Waals surface area (Å²) in [5.41, 5.74) is 5.62. The molecule has 96 valence electrons. The molecule has 2 N–H and O–H groups in total. The normalized spacial score (nSPS) is 18.6. The van der Waals surface area contributed by atoms with Crippen molar-refractivity contribution in [1.82, 2.24) is 14.1 Å². The lowest BCUT2D eigenvalue weighted by molar-refractivity contribution is 0.357. The lowest BCUT2D eigenvalue weighted by Gasteiger charge is -2.23. The SMILES string of the molecule is CC(C1CC1)N(C)S(=O)(=O)c1cn(C)nc1N. The van der Waals surface area contributed by atoms with Crippen LogP contribution >= 0.6 is 0 Å². The van der Waals surface area contributed by atoms with Gasteiger partial charge in [-0.1, -0.05) is 0 Å². The highest BCUT2D eigenvalue weighted by molar-refractivity contribution is 7.89. The molecule has 0 radical (unpaired) electrons. The molecule has 1 unspecified atom stereocenters. The van der Waals surface area contributed by atoms with Gasteiger partial charge >= 0.3 is 0 Å². The maximum Gasteiger partial charge on any atom is 0.248 e. The molecule has 1 fully saturated rings. The Balaban J connectivity index is 2.32. The van der Waals surface area contributed by atoms with Crippen LogP contribution in [0.2, 0.25) is 0 Å². The zero-order valence-corrected chi connectivity index (χ0v) is 11.1. The Hall–Kier alpha value is -1.08. The summed E-state index contributed by atoms with van der Waals surface area (Å²) in [7, 11) is -0.274. The van der Waals surface area contributed by atoms with Crippen molar-refractivity contribution in [1.29, 1.82) is 0 Å². The molecule has 1 heterocycles. The average molecular weight is 258 g/mol. The largest absolute Gasteiger partial charge is 0.381 e. The van der Waals surface area contributed by atoms with Crippen molar-refractivity contribution in [2.45, 2.75) is 30.7 Å². The number of aromatic nitrogens is 2. The van der Waals surface area contributed by atoms with E-state index in [4.69, 9.17) is 5.73 Å². The van der Waals surface area contributed by atoms with E-state index in [1.54, 1.807) is 14.1 Å². The van der Waals surface area contributed by atoms with E-state index in [0.717, 1.165) is 12.8 Å². The lowest BCUT2D eigenvalue weighted by atomic mass is 10.2. The first-order chi connectivity index (χ1) is 7.84. The zero-order chi connectivity index (χ0) is 12.8. The molecule has 0 saturated heterocycles. The summed E-state index contributed by atoms with van der Waals surface area (Å²) >= 11 is 0. The monoisotopic (exact) mass is 258 g/mol. The number of nitrogen functional groups attached to an aromatic ring is 1. The smallest absolute Gasteiger partial charge is 0.248 e. The number of hydrogen-bond donors (Lipinski definition) is 1. The Bertz CT molecular complexity index is 518. The third-order valence-electron chi connectivity index (χ3n) is 3.36. The zero-order valence-electron chi connectivity index (χ0n) is 10.3. The van der Waals surface area contributed by atoms with Gasteiger partial charge in [0.05, 0.1) is 0 Å². The second kappa shape index (κ2) is 3.99. The van der Waals surface area contributed by atoms with E-state index in [1.807, 2.05) is 6.92 Å². The molecule has 1 atom stereocenters. The molecule has 0 aliphatic heterocycles. The number of anilines is 1. The summed E-state index contributed by atoms with van der Waals surface area (Å²) in [5, 5.41) is 3.87. The molecule has 17 heavy (non-hydrogen) atoms. The van der Waals surface area contributed by atoms with E-state index >= 15 is 0 Å². The van der Waals surface area contributed by atoms with E-state index in [-0.39, 0.29) is 16.8 Å². The van der Waals surface area contributed by atoms with Crippen molar-refractivity contribution in [3.05, 3.63) is 6.20 Å². The van der Waals surface area contributed by atoms with Crippen LogP contribution in [0.25, 0.3) is 0 Å². The summed E-state index contributed by atoms with van der Waals surface area (Å²) in [6.45, 7) is 1.93. The van der Waals surface area contributed by atoms with Gasteiger partial charge in [0.15, 0.2) is 5.82 Å². The van der Waals surface area contributed by atoms with Gasteiger partial charge in [-0.3, -0.25) is 4.68 Å². The Morgan fingerprint density at radius 1 is 1.59 bits per heavy atom. The predicted octanol–water partition coefficient (Wildman–Crippen LogP) is 0.421. The lowest BCUT2D eigenvalue weighted by Crippen LogP contribution is -2.36. The summed E-state index contributed by atoms with van der Waals surface area (Å²) in [5.74, 6) is 0.537. The van der Waals surface area contributed by atoms with Gasteiger partial charge in [0.25, 0.3) is 0 Å². The number of nitrogens with two attached hydrogens (primary N) is 1. The van der Waals surface area contributed by atoms with Crippen molar-refractivity contribution < 1.29 is 8.42 Å². The maximum absolute atomic E-state index is 12.3. The second-order valence-electron chi connectivity index (χ2n) is 4.65. The fourth-order valence-electron chi connectivity index (χ4n) is 1.93. The fourth-order valence-corrected chi connectivity index (χ4v) is 3.44. The van der Waals surface area contributed by atoms with Crippen LogP contribution in [0.5, 0.6) is 0 Å². The molecule has 0 aromatic carbocycles. The number of aryl methyl sites for hydroxylation is 1. The number of rotatable bonds is 4. The van der Waals surface area contributed by atoms with Crippen LogP contribution in [-0.4, -0.2) is 35.6 Å². The molecule has 1 aliphatic carbocycles. The highest BCUT2D eigenvalue weighted by atomic mass is 32.2. The third-order valence-corrected chi connectivity index (χ3v) is 5.32. The molecule has 1 saturated carbocycles. The minimum Gasteiger partial charge on any atom is -0.381 e. The van der Waals surface area contributed by atoms with Gasteiger partial charge in [0.2, 0.25) is 10.0 Å². The summed E-state index contributed by atoms with van der Waals surface area (Å²) in [6, 6.07) is 0.0135. The highest BCUT2D eigenvalue weighted by Gasteiger charge is 2.37. The average Bonchev–Trinajstić information content (AvgIpc) is 3.02. The minimum atomic E-state index is -3.53. The first-order valence-corrected chi connectivity index (χ1v) is 7.05. The van der Waals surface area contributed by atoms with Crippen LogP contribution in [0, 0.1) is 5.92 Å². The number of hydrogen-bond acceptors (Lipinski definition) is 4. The standard InChI is InChI=1S/C10H18N4O2S/c1-7(8-4-5-8)14(3)17(15,16)9-6-13(2)12-10(9)11/h6-8H,4-5H2,1-3H3,(H2,11,12). The Kier molecular flexibility index (Phi) is 2.90. The predicted molar refractivity (Wildman–Crippen MR) is 64.8 cm³/mol. The van der Waals surface area contributed by atoms with E-state index in [2.05, 4.69) is 5.10 Å². The van der Waals surface area contributed by atoms with Gasteiger partial charge in [-0.2, -0.15) is 9.40 Å². The Labute approximate surface area is 101 Å². The van der Waals surface area contributed by atoms with E-state index in [1.165, 1.54) is 15.2 Å². The first-order valence-electron chi connectivity index (χ1n) is 5.61. The van der Waals surface area contributed by atoms with Crippen molar-refractivity contribution in [2.24, 2.45) is 13.0 Å². The molecule has 0 bridgehead atoms. The van der Waals surface area contributed by atoms with Gasteiger partial charge in [-0.05, 0) is 25.7 Å². The summed E-state index contributed by atoms with van der Waals surface area (Å²) < 4.78 is 27.5. The van der Waals surface area contributed by atoms with Crippen LogP contribution in [0.4, 0.5) is 5.82 Å². The first kappa shape index (κ1) is 12.4. The molecule has 2 rings (SSSR count). The molecule has 1 aromatic heterocycles. The molecule has 0 spiro atoms. The van der Waals surface area contributed by atoms with Crippen LogP contribution in [0.15, 0.2) is 11.1 Å². The Morgan fingerprint density at radius 2 is 2.18 bits per heavy atom. The highest BCUT2D eigenvalue weighted by Crippen LogP contribution is 2.36. The maximum atomic E-state index is 12.3. The van der Waals surface area contributed by atoms with Crippen LogP contribution in [0.1, 0.15) is 19.8 Å². The van der Waals surface area contributed by atoms with E-state index < -0.39 is 10.0 Å². The van der Waals surface area contributed by atoms with Crippen LogP contribution in [-0.2, 0) is 17.1 Å². The third kappa shape index (κ3) is 2.16.